The van der Waals surface area contributed by atoms with Gasteiger partial charge in [0.1, 0.15) is 17.0 Å². The third-order valence-electron chi connectivity index (χ3n) is 3.43. The first-order valence-electron chi connectivity index (χ1n) is 7.03. The summed E-state index contributed by atoms with van der Waals surface area (Å²) in [6, 6.07) is 10.7. The van der Waals surface area contributed by atoms with E-state index in [1.165, 1.54) is 24.6 Å². The Kier molecular flexibility index (Phi) is 4.22. The van der Waals surface area contributed by atoms with Crippen LogP contribution in [0.1, 0.15) is 6.92 Å². The maximum Gasteiger partial charge on any atom is 0.328 e. The molecular weight excluding hydrogens is 314 g/mol. The number of benzene rings is 1. The number of aromatic nitrogens is 2. The van der Waals surface area contributed by atoms with Crippen molar-refractivity contribution in [2.75, 3.05) is 5.32 Å². The Morgan fingerprint density at radius 1 is 1.26 bits per heavy atom. The van der Waals surface area contributed by atoms with Gasteiger partial charge in [-0.3, -0.25) is 0 Å². The van der Waals surface area contributed by atoms with Gasteiger partial charge in [-0.05, 0) is 18.6 Å². The van der Waals surface area contributed by atoms with Crippen LogP contribution in [-0.2, 0) is 4.79 Å². The molecule has 0 aliphatic heterocycles. The normalized spacial score (nSPS) is 13.7. The molecule has 118 valence electrons. The van der Waals surface area contributed by atoms with Gasteiger partial charge in [0.25, 0.3) is 0 Å². The van der Waals surface area contributed by atoms with Crippen LogP contribution in [0, 0.1) is 0 Å². The molecule has 2 unspecified atom stereocenters. The molecule has 0 saturated heterocycles. The van der Waals surface area contributed by atoms with E-state index in [4.69, 9.17) is 0 Å². The number of aliphatic hydroxyl groups excluding tert-OH is 1. The fourth-order valence-electron chi connectivity index (χ4n) is 2.25. The number of hydrogen-bond acceptors (Lipinski definition) is 6. The minimum Gasteiger partial charge on any atom is -0.480 e. The van der Waals surface area contributed by atoms with Crippen molar-refractivity contribution in [2.24, 2.45) is 0 Å². The Hall–Kier alpha value is -2.51. The lowest BCUT2D eigenvalue weighted by molar-refractivity contribution is -0.140. The highest BCUT2D eigenvalue weighted by atomic mass is 32.1. The number of nitrogens with one attached hydrogen (secondary N) is 1. The minimum absolute atomic E-state index is 0.404. The highest BCUT2D eigenvalue weighted by Crippen LogP contribution is 2.35. The maximum atomic E-state index is 11.2. The molecule has 7 heteroatoms. The second-order valence-corrected chi connectivity index (χ2v) is 6.15. The van der Waals surface area contributed by atoms with E-state index >= 15 is 0 Å². The van der Waals surface area contributed by atoms with Crippen LogP contribution in [0.4, 0.5) is 5.82 Å². The highest BCUT2D eigenvalue weighted by Gasteiger charge is 2.24. The second kappa shape index (κ2) is 6.31. The molecule has 3 N–H and O–H groups in total. The van der Waals surface area contributed by atoms with Crippen LogP contribution in [0.5, 0.6) is 0 Å². The van der Waals surface area contributed by atoms with Crippen LogP contribution in [0.15, 0.2) is 42.7 Å². The lowest BCUT2D eigenvalue weighted by atomic mass is 10.1. The number of fused-ring (bicyclic) bond motifs is 1. The van der Waals surface area contributed by atoms with Crippen molar-refractivity contribution in [1.82, 2.24) is 9.97 Å². The van der Waals surface area contributed by atoms with Gasteiger partial charge in [-0.15, -0.1) is 11.3 Å². The number of carbonyl (C=O) groups is 1. The maximum absolute atomic E-state index is 11.2. The number of thiophene rings is 1. The number of hydrogen-bond donors (Lipinski definition) is 3. The summed E-state index contributed by atoms with van der Waals surface area (Å²) >= 11 is 1.51. The standard InChI is InChI=1S/C16H15N3O3S/c1-9(20)13(16(21)22)19-14-11-7-12(10-5-3-2-4-6-10)23-15(11)18-8-17-14/h2-9,13,20H,1H3,(H,21,22)(H,17,18,19). The molecule has 6 nitrogen and oxygen atoms in total. The van der Waals surface area contributed by atoms with E-state index in [9.17, 15) is 15.0 Å². The highest BCUT2D eigenvalue weighted by molar-refractivity contribution is 7.21. The molecule has 3 aromatic rings. The summed E-state index contributed by atoms with van der Waals surface area (Å²) in [5, 5.41) is 22.3. The zero-order valence-corrected chi connectivity index (χ0v) is 13.1. The monoisotopic (exact) mass is 329 g/mol. The van der Waals surface area contributed by atoms with Gasteiger partial charge in [0.05, 0.1) is 11.5 Å². The lowest BCUT2D eigenvalue weighted by Crippen LogP contribution is -2.39. The third-order valence-corrected chi connectivity index (χ3v) is 4.52. The first-order chi connectivity index (χ1) is 11.1. The summed E-state index contributed by atoms with van der Waals surface area (Å²) in [7, 11) is 0. The van der Waals surface area contributed by atoms with Gasteiger partial charge in [0.2, 0.25) is 0 Å². The predicted molar refractivity (Wildman–Crippen MR) is 89.6 cm³/mol. The van der Waals surface area contributed by atoms with Crippen LogP contribution in [0.25, 0.3) is 20.7 Å². The molecule has 0 aliphatic rings. The molecule has 0 fully saturated rings. The number of carboxylic acids is 1. The van der Waals surface area contributed by atoms with Gasteiger partial charge >= 0.3 is 5.97 Å². The second-order valence-electron chi connectivity index (χ2n) is 5.12. The SMILES string of the molecule is CC(O)C(Nc1ncnc2sc(-c3ccccc3)cc12)C(=O)O. The van der Waals surface area contributed by atoms with Crippen molar-refractivity contribution < 1.29 is 15.0 Å². The fourth-order valence-corrected chi connectivity index (χ4v) is 3.26. The van der Waals surface area contributed by atoms with Crippen molar-refractivity contribution in [3.05, 3.63) is 42.7 Å². The average molecular weight is 329 g/mol. The molecule has 1 aromatic carbocycles. The molecule has 0 saturated carbocycles. The van der Waals surface area contributed by atoms with Crippen molar-refractivity contribution >= 4 is 33.3 Å². The largest absolute Gasteiger partial charge is 0.480 e. The quantitative estimate of drug-likeness (QED) is 0.666. The van der Waals surface area contributed by atoms with Gasteiger partial charge in [-0.25, -0.2) is 14.8 Å². The third kappa shape index (κ3) is 3.15. The van der Waals surface area contributed by atoms with E-state index in [0.29, 0.717) is 5.82 Å². The number of carboxylic acid groups (broad SMARTS) is 1. The van der Waals surface area contributed by atoms with Crippen LogP contribution in [0.2, 0.25) is 0 Å². The van der Waals surface area contributed by atoms with E-state index in [1.54, 1.807) is 0 Å². The first kappa shape index (κ1) is 15.4. The zero-order chi connectivity index (χ0) is 16.4. The molecule has 2 aromatic heterocycles. The average Bonchev–Trinajstić information content (AvgIpc) is 2.97. The van der Waals surface area contributed by atoms with Crippen molar-refractivity contribution in [3.8, 4) is 10.4 Å². The van der Waals surface area contributed by atoms with Gasteiger partial charge in [-0.2, -0.15) is 0 Å². The lowest BCUT2D eigenvalue weighted by Gasteiger charge is -2.17. The molecule has 0 amide bonds. The summed E-state index contributed by atoms with van der Waals surface area (Å²) in [4.78, 5) is 21.4. The van der Waals surface area contributed by atoms with E-state index in [1.807, 2.05) is 36.4 Å². The Morgan fingerprint density at radius 2 is 2.00 bits per heavy atom. The summed E-state index contributed by atoms with van der Waals surface area (Å²) < 4.78 is 0. The van der Waals surface area contributed by atoms with Gasteiger partial charge in [0, 0.05) is 4.88 Å². The van der Waals surface area contributed by atoms with E-state index in [-0.39, 0.29) is 0 Å². The van der Waals surface area contributed by atoms with Crippen LogP contribution >= 0.6 is 11.3 Å². The summed E-state index contributed by atoms with van der Waals surface area (Å²) in [6.07, 6.45) is 0.335. The smallest absolute Gasteiger partial charge is 0.328 e. The van der Waals surface area contributed by atoms with Crippen molar-refractivity contribution in [1.29, 1.82) is 0 Å². The summed E-state index contributed by atoms with van der Waals surface area (Å²) in [5.74, 6) is -0.730. The zero-order valence-electron chi connectivity index (χ0n) is 12.3. The molecule has 0 bridgehead atoms. The topological polar surface area (TPSA) is 95.3 Å². The minimum atomic E-state index is -1.13. The number of anilines is 1. The van der Waals surface area contributed by atoms with E-state index in [0.717, 1.165) is 20.7 Å². The Balaban J connectivity index is 2.02. The summed E-state index contributed by atoms with van der Waals surface area (Å²) in [6.45, 7) is 1.42. The fraction of sp³-hybridized carbons (Fsp3) is 0.188. The molecule has 0 radical (unpaired) electrons. The summed E-state index contributed by atoms with van der Waals surface area (Å²) in [5.41, 5.74) is 1.06. The van der Waals surface area contributed by atoms with Crippen molar-refractivity contribution in [3.63, 3.8) is 0 Å². The van der Waals surface area contributed by atoms with Crippen LogP contribution in [0.3, 0.4) is 0 Å². The van der Waals surface area contributed by atoms with E-state index < -0.39 is 18.1 Å². The Labute approximate surface area is 136 Å². The van der Waals surface area contributed by atoms with E-state index in [2.05, 4.69) is 15.3 Å². The molecule has 23 heavy (non-hydrogen) atoms. The predicted octanol–water partition coefficient (Wildman–Crippen LogP) is 2.60. The van der Waals surface area contributed by atoms with Gasteiger partial charge in [-0.1, -0.05) is 30.3 Å². The molecular formula is C16H15N3O3S. The number of nitrogens with zero attached hydrogens (tertiary/aromatic N) is 2. The molecule has 0 aliphatic carbocycles. The Bertz CT molecular complexity index is 833. The van der Waals surface area contributed by atoms with Gasteiger partial charge in [0.15, 0.2) is 6.04 Å². The van der Waals surface area contributed by atoms with Crippen LogP contribution in [-0.4, -0.2) is 38.3 Å². The number of aliphatic hydroxyl groups is 1. The van der Waals surface area contributed by atoms with Gasteiger partial charge < -0.3 is 15.5 Å². The van der Waals surface area contributed by atoms with Crippen molar-refractivity contribution in [2.45, 2.75) is 19.1 Å². The molecule has 3 rings (SSSR count). The number of aliphatic carboxylic acids is 1. The first-order valence-corrected chi connectivity index (χ1v) is 7.85. The Morgan fingerprint density at radius 3 is 2.65 bits per heavy atom. The number of rotatable bonds is 5. The van der Waals surface area contributed by atoms with Crippen LogP contribution < -0.4 is 5.32 Å². The molecule has 0 spiro atoms. The molecule has 2 heterocycles. The molecule has 2 atom stereocenters.